The van der Waals surface area contributed by atoms with Crippen molar-refractivity contribution >= 4 is 5.78 Å². The largest absolute Gasteiger partial charge is 0.350 e. The number of nitrogens with zero attached hydrogens (tertiary/aromatic N) is 1. The maximum atomic E-state index is 11.8. The minimum atomic E-state index is 0.353. The van der Waals surface area contributed by atoms with Gasteiger partial charge in [0.25, 0.3) is 0 Å². The van der Waals surface area contributed by atoms with E-state index < -0.39 is 0 Å². The molecule has 0 spiro atoms. The highest BCUT2D eigenvalue weighted by atomic mass is 16.1. The van der Waals surface area contributed by atoms with Crippen LogP contribution in [0, 0.1) is 11.8 Å². The van der Waals surface area contributed by atoms with E-state index in [-0.39, 0.29) is 0 Å². The van der Waals surface area contributed by atoms with E-state index in [9.17, 15) is 4.79 Å². The van der Waals surface area contributed by atoms with Crippen molar-refractivity contribution in [2.45, 2.75) is 58.4 Å². The summed E-state index contributed by atoms with van der Waals surface area (Å²) in [7, 11) is 0. The van der Waals surface area contributed by atoms with Crippen LogP contribution in [0.25, 0.3) is 0 Å². The second-order valence-corrected chi connectivity index (χ2v) is 6.13. The molecule has 1 aromatic rings. The minimum absolute atomic E-state index is 0.353. The number of carbonyl (C=O) groups is 1. The highest BCUT2D eigenvalue weighted by Crippen LogP contribution is 2.32. The summed E-state index contributed by atoms with van der Waals surface area (Å²) in [5.74, 6) is 2.01. The monoisotopic (exact) mass is 245 g/mol. The molecule has 1 saturated carbocycles. The molecule has 2 aliphatic rings. The van der Waals surface area contributed by atoms with E-state index in [1.165, 1.54) is 31.4 Å². The van der Waals surface area contributed by atoms with Crippen molar-refractivity contribution < 1.29 is 4.79 Å². The molecule has 0 radical (unpaired) electrons. The van der Waals surface area contributed by atoms with Crippen LogP contribution in [0.5, 0.6) is 0 Å². The molecule has 0 aromatic carbocycles. The van der Waals surface area contributed by atoms with Gasteiger partial charge in [0.05, 0.1) is 0 Å². The third-order valence-electron chi connectivity index (χ3n) is 4.92. The van der Waals surface area contributed by atoms with Crippen LogP contribution >= 0.6 is 0 Å². The SMILES string of the molecule is CC1CCCCC1Cn1ccc2c1CCCC2=O. The number of aromatic nitrogens is 1. The normalized spacial score (nSPS) is 28.2. The number of Topliss-reactive ketones (excluding diaryl/α,β-unsaturated/α-hetero) is 1. The van der Waals surface area contributed by atoms with Crippen LogP contribution in [0.15, 0.2) is 12.3 Å². The van der Waals surface area contributed by atoms with Gasteiger partial charge in [-0.1, -0.05) is 26.2 Å². The second-order valence-electron chi connectivity index (χ2n) is 6.13. The van der Waals surface area contributed by atoms with Crippen LogP contribution in [-0.4, -0.2) is 10.4 Å². The highest BCUT2D eigenvalue weighted by Gasteiger charge is 2.25. The number of rotatable bonds is 2. The third kappa shape index (κ3) is 2.13. The fourth-order valence-electron chi connectivity index (χ4n) is 3.68. The topological polar surface area (TPSA) is 22.0 Å². The van der Waals surface area contributed by atoms with Crippen LogP contribution in [0.3, 0.4) is 0 Å². The van der Waals surface area contributed by atoms with E-state index in [4.69, 9.17) is 0 Å². The Morgan fingerprint density at radius 2 is 2.06 bits per heavy atom. The van der Waals surface area contributed by atoms with E-state index in [2.05, 4.69) is 17.7 Å². The number of carbonyl (C=O) groups excluding carboxylic acids is 1. The molecule has 2 unspecified atom stereocenters. The van der Waals surface area contributed by atoms with Crippen molar-refractivity contribution in [1.82, 2.24) is 4.57 Å². The number of hydrogen-bond donors (Lipinski definition) is 0. The van der Waals surface area contributed by atoms with Gasteiger partial charge in [-0.15, -0.1) is 0 Å². The molecule has 0 saturated heterocycles. The Balaban J connectivity index is 1.78. The average Bonchev–Trinajstić information content (AvgIpc) is 2.77. The van der Waals surface area contributed by atoms with Crippen molar-refractivity contribution in [2.24, 2.45) is 11.8 Å². The lowest BCUT2D eigenvalue weighted by atomic mass is 9.80. The van der Waals surface area contributed by atoms with Gasteiger partial charge in [-0.25, -0.2) is 0 Å². The molecule has 0 bridgehead atoms. The highest BCUT2D eigenvalue weighted by molar-refractivity contribution is 5.98. The quantitative estimate of drug-likeness (QED) is 0.776. The van der Waals surface area contributed by atoms with Crippen LogP contribution in [0.4, 0.5) is 0 Å². The second kappa shape index (κ2) is 4.91. The molecule has 98 valence electrons. The summed E-state index contributed by atoms with van der Waals surface area (Å²) in [5.41, 5.74) is 2.31. The van der Waals surface area contributed by atoms with Crippen LogP contribution in [0.2, 0.25) is 0 Å². The molecule has 3 rings (SSSR count). The van der Waals surface area contributed by atoms with E-state index >= 15 is 0 Å². The van der Waals surface area contributed by atoms with Crippen LogP contribution in [-0.2, 0) is 13.0 Å². The summed E-state index contributed by atoms with van der Waals surface area (Å²) in [6, 6.07) is 2.05. The van der Waals surface area contributed by atoms with Crippen LogP contribution in [0.1, 0.15) is 61.5 Å². The third-order valence-corrected chi connectivity index (χ3v) is 4.92. The van der Waals surface area contributed by atoms with Gasteiger partial charge in [0.1, 0.15) is 0 Å². The predicted molar refractivity (Wildman–Crippen MR) is 72.8 cm³/mol. The lowest BCUT2D eigenvalue weighted by molar-refractivity contribution is 0.0971. The smallest absolute Gasteiger partial charge is 0.164 e. The van der Waals surface area contributed by atoms with Gasteiger partial charge in [0, 0.05) is 30.4 Å². The lowest BCUT2D eigenvalue weighted by Crippen LogP contribution is -2.23. The Hall–Kier alpha value is -1.05. The number of ketones is 1. The molecule has 2 nitrogen and oxygen atoms in total. The molecule has 1 aromatic heterocycles. The molecule has 1 fully saturated rings. The molecular formula is C16H23NO. The Kier molecular flexibility index (Phi) is 3.27. The zero-order chi connectivity index (χ0) is 12.5. The Labute approximate surface area is 109 Å². The van der Waals surface area contributed by atoms with Crippen molar-refractivity contribution in [3.8, 4) is 0 Å². The van der Waals surface area contributed by atoms with Gasteiger partial charge < -0.3 is 4.57 Å². The van der Waals surface area contributed by atoms with Crippen molar-refractivity contribution in [1.29, 1.82) is 0 Å². The maximum Gasteiger partial charge on any atom is 0.164 e. The molecule has 2 aliphatic carbocycles. The first-order chi connectivity index (χ1) is 8.75. The standard InChI is InChI=1S/C16H23NO/c1-12-5-2-3-6-13(12)11-17-10-9-14-15(17)7-4-8-16(14)18/h9-10,12-13H,2-8,11H2,1H3. The van der Waals surface area contributed by atoms with E-state index in [1.807, 2.05) is 6.07 Å². The zero-order valence-corrected chi connectivity index (χ0v) is 11.3. The van der Waals surface area contributed by atoms with Gasteiger partial charge in [-0.2, -0.15) is 0 Å². The number of hydrogen-bond acceptors (Lipinski definition) is 1. The molecule has 0 amide bonds. The van der Waals surface area contributed by atoms with Crippen molar-refractivity contribution in [3.63, 3.8) is 0 Å². The van der Waals surface area contributed by atoms with E-state index in [0.717, 1.165) is 43.2 Å². The van der Waals surface area contributed by atoms with Gasteiger partial charge in [0.15, 0.2) is 5.78 Å². The maximum absolute atomic E-state index is 11.8. The summed E-state index contributed by atoms with van der Waals surface area (Å²) in [4.78, 5) is 11.8. The number of fused-ring (bicyclic) bond motifs is 1. The van der Waals surface area contributed by atoms with Crippen molar-refractivity contribution in [2.75, 3.05) is 0 Å². The summed E-state index contributed by atoms with van der Waals surface area (Å²) >= 11 is 0. The van der Waals surface area contributed by atoms with Crippen molar-refractivity contribution in [3.05, 3.63) is 23.5 Å². The van der Waals surface area contributed by atoms with Crippen LogP contribution < -0.4 is 0 Å². The first-order valence-corrected chi connectivity index (χ1v) is 7.47. The molecule has 2 heteroatoms. The lowest BCUT2D eigenvalue weighted by Gasteiger charge is -2.30. The predicted octanol–water partition coefficient (Wildman–Crippen LogP) is 3.83. The van der Waals surface area contributed by atoms with Gasteiger partial charge >= 0.3 is 0 Å². The van der Waals surface area contributed by atoms with E-state index in [0.29, 0.717) is 5.78 Å². The summed E-state index contributed by atoms with van der Waals surface area (Å²) in [6.45, 7) is 3.52. The fraction of sp³-hybridized carbons (Fsp3) is 0.688. The molecule has 18 heavy (non-hydrogen) atoms. The zero-order valence-electron chi connectivity index (χ0n) is 11.3. The Morgan fingerprint density at radius 3 is 2.89 bits per heavy atom. The molecule has 0 aliphatic heterocycles. The van der Waals surface area contributed by atoms with Gasteiger partial charge in [-0.05, 0) is 37.2 Å². The first-order valence-electron chi connectivity index (χ1n) is 7.47. The molecule has 2 atom stereocenters. The average molecular weight is 245 g/mol. The molecule has 0 N–H and O–H groups in total. The van der Waals surface area contributed by atoms with Gasteiger partial charge in [-0.3, -0.25) is 4.79 Å². The Bertz CT molecular complexity index is 446. The fourth-order valence-corrected chi connectivity index (χ4v) is 3.68. The molecule has 1 heterocycles. The minimum Gasteiger partial charge on any atom is -0.350 e. The summed E-state index contributed by atoms with van der Waals surface area (Å²) < 4.78 is 2.37. The molecular weight excluding hydrogens is 222 g/mol. The Morgan fingerprint density at radius 1 is 1.22 bits per heavy atom. The summed E-state index contributed by atoms with van der Waals surface area (Å²) in [6.07, 6.45) is 10.6. The first kappa shape index (κ1) is 12.0. The van der Waals surface area contributed by atoms with E-state index in [1.54, 1.807) is 0 Å². The summed E-state index contributed by atoms with van der Waals surface area (Å²) in [5, 5.41) is 0. The van der Waals surface area contributed by atoms with Gasteiger partial charge in [0.2, 0.25) is 0 Å².